The van der Waals surface area contributed by atoms with Crippen LogP contribution < -0.4 is 0 Å². The second-order valence-corrected chi connectivity index (χ2v) is 5.96. The first kappa shape index (κ1) is 14.0. The van der Waals surface area contributed by atoms with Crippen molar-refractivity contribution >= 4 is 28.9 Å². The average Bonchev–Trinajstić information content (AvgIpc) is 2.95. The van der Waals surface area contributed by atoms with Gasteiger partial charge in [0.1, 0.15) is 5.69 Å². The van der Waals surface area contributed by atoms with E-state index in [-0.39, 0.29) is 0 Å². The molecule has 0 N–H and O–H groups in total. The minimum atomic E-state index is 0.595. The van der Waals surface area contributed by atoms with Crippen molar-refractivity contribution in [2.45, 2.75) is 6.92 Å². The second-order valence-electron chi connectivity index (χ2n) is 4.79. The fourth-order valence-electron chi connectivity index (χ4n) is 2.20. The number of carbonyl (C=O) groups excluding carboxylic acids is 1. The van der Waals surface area contributed by atoms with Crippen molar-refractivity contribution in [1.29, 1.82) is 0 Å². The number of aldehydes is 1. The highest BCUT2D eigenvalue weighted by atomic mass is 127. The van der Waals surface area contributed by atoms with Crippen molar-refractivity contribution in [3.8, 4) is 16.9 Å². The first-order valence-electron chi connectivity index (χ1n) is 6.56. The lowest BCUT2D eigenvalue weighted by Gasteiger charge is -2.04. The summed E-state index contributed by atoms with van der Waals surface area (Å²) in [6.45, 7) is 2.06. The van der Waals surface area contributed by atoms with Crippen molar-refractivity contribution in [3.05, 3.63) is 69.4 Å². The number of halogens is 1. The maximum atomic E-state index is 11.3. The van der Waals surface area contributed by atoms with Crippen LogP contribution in [-0.2, 0) is 0 Å². The molecular weight excluding hydrogens is 375 g/mol. The Hall–Kier alpha value is -1.95. The number of nitrogens with zero attached hydrogens (tertiary/aromatic N) is 2. The molecule has 0 radical (unpaired) electrons. The number of hydrogen-bond acceptors (Lipinski definition) is 2. The van der Waals surface area contributed by atoms with E-state index in [1.807, 2.05) is 36.4 Å². The Morgan fingerprint density at radius 3 is 2.57 bits per heavy atom. The molecule has 3 aromatic rings. The third-order valence-corrected chi connectivity index (χ3v) is 4.53. The molecule has 4 heteroatoms. The molecule has 0 spiro atoms. The number of carbonyl (C=O) groups is 1. The van der Waals surface area contributed by atoms with E-state index in [0.29, 0.717) is 11.3 Å². The molecule has 0 aliphatic rings. The lowest BCUT2D eigenvalue weighted by atomic mass is 10.1. The number of benzene rings is 2. The monoisotopic (exact) mass is 388 g/mol. The molecule has 0 saturated heterocycles. The lowest BCUT2D eigenvalue weighted by molar-refractivity contribution is 0.112. The molecular formula is C17H13IN2O. The first-order chi connectivity index (χ1) is 10.2. The molecule has 21 heavy (non-hydrogen) atoms. The molecule has 0 aliphatic carbocycles. The van der Waals surface area contributed by atoms with Gasteiger partial charge in [-0.2, -0.15) is 5.10 Å². The van der Waals surface area contributed by atoms with Crippen LogP contribution in [0.15, 0.2) is 54.7 Å². The van der Waals surface area contributed by atoms with Gasteiger partial charge in [0.2, 0.25) is 0 Å². The molecule has 0 aliphatic heterocycles. The average molecular weight is 388 g/mol. The molecule has 0 fully saturated rings. The van der Waals surface area contributed by atoms with Gasteiger partial charge in [-0.25, -0.2) is 4.68 Å². The summed E-state index contributed by atoms with van der Waals surface area (Å²) in [6.07, 6.45) is 2.63. The van der Waals surface area contributed by atoms with E-state index in [9.17, 15) is 4.79 Å². The summed E-state index contributed by atoms with van der Waals surface area (Å²) in [5, 5.41) is 4.58. The maximum absolute atomic E-state index is 11.3. The minimum absolute atomic E-state index is 0.595. The Bertz CT molecular complexity index is 794. The van der Waals surface area contributed by atoms with E-state index < -0.39 is 0 Å². The maximum Gasteiger partial charge on any atom is 0.153 e. The van der Waals surface area contributed by atoms with Crippen molar-refractivity contribution in [2.24, 2.45) is 0 Å². The van der Waals surface area contributed by atoms with Gasteiger partial charge in [-0.1, -0.05) is 30.3 Å². The van der Waals surface area contributed by atoms with Gasteiger partial charge in [-0.05, 0) is 53.3 Å². The Kier molecular flexibility index (Phi) is 3.88. The summed E-state index contributed by atoms with van der Waals surface area (Å²) >= 11 is 2.30. The normalized spacial score (nSPS) is 10.6. The van der Waals surface area contributed by atoms with Gasteiger partial charge in [-0.3, -0.25) is 4.79 Å². The molecule has 3 nitrogen and oxygen atoms in total. The Morgan fingerprint density at radius 2 is 1.90 bits per heavy atom. The highest BCUT2D eigenvalue weighted by Crippen LogP contribution is 2.23. The lowest BCUT2D eigenvalue weighted by Crippen LogP contribution is -1.96. The van der Waals surface area contributed by atoms with E-state index in [2.05, 4.69) is 46.7 Å². The highest BCUT2D eigenvalue weighted by Gasteiger charge is 2.11. The molecule has 1 heterocycles. The summed E-state index contributed by atoms with van der Waals surface area (Å²) in [7, 11) is 0. The van der Waals surface area contributed by atoms with Gasteiger partial charge < -0.3 is 0 Å². The zero-order chi connectivity index (χ0) is 14.8. The Morgan fingerprint density at radius 1 is 1.14 bits per heavy atom. The number of aromatic nitrogens is 2. The van der Waals surface area contributed by atoms with Gasteiger partial charge >= 0.3 is 0 Å². The van der Waals surface area contributed by atoms with E-state index in [1.54, 1.807) is 10.9 Å². The third kappa shape index (κ3) is 2.76. The van der Waals surface area contributed by atoms with Crippen LogP contribution in [0.4, 0.5) is 0 Å². The van der Waals surface area contributed by atoms with E-state index in [4.69, 9.17) is 0 Å². The first-order valence-corrected chi connectivity index (χ1v) is 7.63. The van der Waals surface area contributed by atoms with Crippen LogP contribution in [0.25, 0.3) is 16.9 Å². The fourth-order valence-corrected chi connectivity index (χ4v) is 2.53. The zero-order valence-electron chi connectivity index (χ0n) is 11.5. The van der Waals surface area contributed by atoms with Crippen LogP contribution in [0, 0.1) is 10.5 Å². The molecule has 0 unspecified atom stereocenters. The summed E-state index contributed by atoms with van der Waals surface area (Å²) in [5.74, 6) is 0. The topological polar surface area (TPSA) is 34.9 Å². The Labute approximate surface area is 136 Å². The zero-order valence-corrected chi connectivity index (χ0v) is 13.6. The predicted molar refractivity (Wildman–Crippen MR) is 91.8 cm³/mol. The molecule has 104 valence electrons. The van der Waals surface area contributed by atoms with Gasteiger partial charge in [0.15, 0.2) is 6.29 Å². The van der Waals surface area contributed by atoms with Crippen LogP contribution in [0.5, 0.6) is 0 Å². The van der Waals surface area contributed by atoms with Crippen molar-refractivity contribution in [2.75, 3.05) is 0 Å². The van der Waals surface area contributed by atoms with Crippen LogP contribution in [0.3, 0.4) is 0 Å². The third-order valence-electron chi connectivity index (χ3n) is 3.32. The standard InChI is InChI=1S/C17H13IN2O/c1-12-9-15(7-8-16(12)18)20-10-14(11-21)17(19-20)13-5-3-2-4-6-13/h2-11H,1H3. The molecule has 3 rings (SSSR count). The number of aryl methyl sites for hydroxylation is 1. The van der Waals surface area contributed by atoms with Crippen LogP contribution >= 0.6 is 22.6 Å². The quantitative estimate of drug-likeness (QED) is 0.496. The van der Waals surface area contributed by atoms with Crippen molar-refractivity contribution < 1.29 is 4.79 Å². The number of hydrogen-bond donors (Lipinski definition) is 0. The summed E-state index contributed by atoms with van der Waals surface area (Å²) in [6, 6.07) is 15.9. The molecule has 0 saturated carbocycles. The van der Waals surface area contributed by atoms with Crippen LogP contribution in [0.2, 0.25) is 0 Å². The van der Waals surface area contributed by atoms with E-state index in [1.165, 1.54) is 9.13 Å². The van der Waals surface area contributed by atoms with Gasteiger partial charge in [-0.15, -0.1) is 0 Å². The number of rotatable bonds is 3. The van der Waals surface area contributed by atoms with Crippen LogP contribution in [-0.4, -0.2) is 16.1 Å². The summed E-state index contributed by atoms with van der Waals surface area (Å²) in [5.41, 5.74) is 4.40. The summed E-state index contributed by atoms with van der Waals surface area (Å²) < 4.78 is 2.97. The van der Waals surface area contributed by atoms with Gasteiger partial charge in [0, 0.05) is 15.3 Å². The SMILES string of the molecule is Cc1cc(-n2cc(C=O)c(-c3ccccc3)n2)ccc1I. The molecule has 1 aromatic heterocycles. The molecule has 0 atom stereocenters. The second kappa shape index (κ2) is 5.81. The highest BCUT2D eigenvalue weighted by molar-refractivity contribution is 14.1. The fraction of sp³-hybridized carbons (Fsp3) is 0.0588. The smallest absolute Gasteiger partial charge is 0.153 e. The molecule has 0 amide bonds. The molecule has 0 bridgehead atoms. The Balaban J connectivity index is 2.11. The van der Waals surface area contributed by atoms with Gasteiger partial charge in [0.05, 0.1) is 11.3 Å². The van der Waals surface area contributed by atoms with E-state index in [0.717, 1.165) is 17.5 Å². The predicted octanol–water partition coefficient (Wildman–Crippen LogP) is 4.26. The van der Waals surface area contributed by atoms with E-state index >= 15 is 0 Å². The van der Waals surface area contributed by atoms with Crippen LogP contribution in [0.1, 0.15) is 15.9 Å². The largest absolute Gasteiger partial charge is 0.298 e. The van der Waals surface area contributed by atoms with Crippen molar-refractivity contribution in [1.82, 2.24) is 9.78 Å². The molecule has 2 aromatic carbocycles. The summed E-state index contributed by atoms with van der Waals surface area (Å²) in [4.78, 5) is 11.3. The minimum Gasteiger partial charge on any atom is -0.298 e. The van der Waals surface area contributed by atoms with Crippen molar-refractivity contribution in [3.63, 3.8) is 0 Å². The van der Waals surface area contributed by atoms with Gasteiger partial charge in [0.25, 0.3) is 0 Å².